The summed E-state index contributed by atoms with van der Waals surface area (Å²) in [7, 11) is 0. The highest BCUT2D eigenvalue weighted by atomic mass is 14.8. The van der Waals surface area contributed by atoms with Crippen LogP contribution < -0.4 is 5.73 Å². The lowest BCUT2D eigenvalue weighted by Gasteiger charge is -2.10. The van der Waals surface area contributed by atoms with Crippen LogP contribution in [0.2, 0.25) is 0 Å². The summed E-state index contributed by atoms with van der Waals surface area (Å²) in [4.78, 5) is 4.28. The van der Waals surface area contributed by atoms with Crippen LogP contribution in [-0.4, -0.2) is 4.98 Å². The number of benzene rings is 1. The lowest BCUT2D eigenvalue weighted by Crippen LogP contribution is -2.18. The van der Waals surface area contributed by atoms with Crippen LogP contribution in [-0.2, 0) is 5.54 Å². The minimum Gasteiger partial charge on any atom is -0.321 e. The van der Waals surface area contributed by atoms with E-state index in [1.54, 1.807) is 0 Å². The van der Waals surface area contributed by atoms with Gasteiger partial charge in [0.1, 0.15) is 0 Å². The molecule has 1 saturated carbocycles. The van der Waals surface area contributed by atoms with Gasteiger partial charge in [-0.05, 0) is 42.8 Å². The molecule has 0 saturated heterocycles. The van der Waals surface area contributed by atoms with Crippen molar-refractivity contribution in [3.05, 3.63) is 41.7 Å². The topological polar surface area (TPSA) is 38.9 Å². The van der Waals surface area contributed by atoms with Crippen molar-refractivity contribution in [1.29, 1.82) is 0 Å². The van der Waals surface area contributed by atoms with Crippen LogP contribution in [0.25, 0.3) is 10.8 Å². The molecule has 0 unspecified atom stereocenters. The third kappa shape index (κ3) is 1.33. The first-order chi connectivity index (χ1) is 7.19. The normalized spacial score (nSPS) is 18.0. The molecule has 2 nitrogen and oxygen atoms in total. The number of aromatic nitrogens is 1. The van der Waals surface area contributed by atoms with E-state index in [0.29, 0.717) is 0 Å². The van der Waals surface area contributed by atoms with Crippen LogP contribution in [0, 0.1) is 6.92 Å². The van der Waals surface area contributed by atoms with Crippen molar-refractivity contribution in [2.75, 3.05) is 0 Å². The number of rotatable bonds is 1. The predicted octanol–water partition coefficient (Wildman–Crippen LogP) is 2.49. The maximum atomic E-state index is 6.18. The Labute approximate surface area is 89.1 Å². The van der Waals surface area contributed by atoms with Gasteiger partial charge in [-0.15, -0.1) is 0 Å². The van der Waals surface area contributed by atoms with Gasteiger partial charge in [0.25, 0.3) is 0 Å². The molecule has 76 valence electrons. The first-order valence-corrected chi connectivity index (χ1v) is 5.34. The van der Waals surface area contributed by atoms with E-state index in [2.05, 4.69) is 29.2 Å². The Hall–Kier alpha value is -1.41. The molecule has 1 heterocycles. The van der Waals surface area contributed by atoms with Gasteiger partial charge in [0.2, 0.25) is 0 Å². The molecule has 0 spiro atoms. The molecule has 0 bridgehead atoms. The third-order valence-electron chi connectivity index (χ3n) is 3.33. The van der Waals surface area contributed by atoms with E-state index in [-0.39, 0.29) is 5.54 Å². The first kappa shape index (κ1) is 8.86. The maximum absolute atomic E-state index is 6.18. The molecule has 1 aliphatic carbocycles. The number of pyridine rings is 1. The quantitative estimate of drug-likeness (QED) is 0.764. The van der Waals surface area contributed by atoms with Gasteiger partial charge in [-0.2, -0.15) is 0 Å². The second-order valence-electron chi connectivity index (χ2n) is 4.49. The van der Waals surface area contributed by atoms with Crippen LogP contribution in [0.4, 0.5) is 0 Å². The lowest BCUT2D eigenvalue weighted by molar-refractivity contribution is 0.741. The Morgan fingerprint density at radius 3 is 2.80 bits per heavy atom. The molecule has 1 fully saturated rings. The SMILES string of the molecule is Cc1nccc2cc(C3(N)CC3)ccc12. The van der Waals surface area contributed by atoms with Crippen LogP contribution in [0.15, 0.2) is 30.5 Å². The summed E-state index contributed by atoms with van der Waals surface area (Å²) in [5.74, 6) is 0. The Balaban J connectivity index is 2.23. The fourth-order valence-corrected chi connectivity index (χ4v) is 2.06. The molecule has 3 rings (SSSR count). The second kappa shape index (κ2) is 2.80. The molecule has 0 atom stereocenters. The summed E-state index contributed by atoms with van der Waals surface area (Å²) >= 11 is 0. The molecule has 2 N–H and O–H groups in total. The molecule has 2 heteroatoms. The number of fused-ring (bicyclic) bond motifs is 1. The highest BCUT2D eigenvalue weighted by Crippen LogP contribution is 2.43. The van der Waals surface area contributed by atoms with Gasteiger partial charge in [-0.3, -0.25) is 4.98 Å². The van der Waals surface area contributed by atoms with Gasteiger partial charge in [-0.1, -0.05) is 12.1 Å². The van der Waals surface area contributed by atoms with Gasteiger partial charge in [0.05, 0.1) is 0 Å². The molecule has 0 radical (unpaired) electrons. The Morgan fingerprint density at radius 1 is 1.27 bits per heavy atom. The number of aryl methyl sites for hydroxylation is 1. The molecule has 1 aromatic carbocycles. The number of hydrogen-bond donors (Lipinski definition) is 1. The Morgan fingerprint density at radius 2 is 2.07 bits per heavy atom. The molecule has 2 aromatic rings. The smallest absolute Gasteiger partial charge is 0.0450 e. The zero-order valence-electron chi connectivity index (χ0n) is 8.83. The van der Waals surface area contributed by atoms with E-state index < -0.39 is 0 Å². The van der Waals surface area contributed by atoms with Crippen LogP contribution >= 0.6 is 0 Å². The van der Waals surface area contributed by atoms with E-state index in [1.807, 2.05) is 13.1 Å². The van der Waals surface area contributed by atoms with Crippen molar-refractivity contribution in [3.63, 3.8) is 0 Å². The van der Waals surface area contributed by atoms with E-state index in [0.717, 1.165) is 18.5 Å². The monoisotopic (exact) mass is 198 g/mol. The summed E-state index contributed by atoms with van der Waals surface area (Å²) in [6.45, 7) is 2.04. The summed E-state index contributed by atoms with van der Waals surface area (Å²) in [6.07, 6.45) is 4.09. The highest BCUT2D eigenvalue weighted by molar-refractivity contribution is 5.85. The van der Waals surface area contributed by atoms with Crippen LogP contribution in [0.3, 0.4) is 0 Å². The summed E-state index contributed by atoms with van der Waals surface area (Å²) in [5.41, 5.74) is 8.49. The first-order valence-electron chi connectivity index (χ1n) is 5.34. The zero-order chi connectivity index (χ0) is 10.5. The van der Waals surface area contributed by atoms with Gasteiger partial charge in [0.15, 0.2) is 0 Å². The third-order valence-corrected chi connectivity index (χ3v) is 3.33. The van der Waals surface area contributed by atoms with E-state index in [4.69, 9.17) is 5.73 Å². The average Bonchev–Trinajstić information content (AvgIpc) is 2.98. The minimum atomic E-state index is -0.0363. The molecule has 1 aromatic heterocycles. The van der Waals surface area contributed by atoms with Crippen molar-refractivity contribution < 1.29 is 0 Å². The van der Waals surface area contributed by atoms with Crippen LogP contribution in [0.1, 0.15) is 24.1 Å². The molecule has 15 heavy (non-hydrogen) atoms. The van der Waals surface area contributed by atoms with Crippen molar-refractivity contribution in [2.24, 2.45) is 5.73 Å². The molecule has 0 aliphatic heterocycles. The standard InChI is InChI=1S/C13H14N2/c1-9-12-3-2-11(13(14)5-6-13)8-10(12)4-7-15-9/h2-4,7-8H,5-6,14H2,1H3. The van der Waals surface area contributed by atoms with E-state index in [1.165, 1.54) is 16.3 Å². The summed E-state index contributed by atoms with van der Waals surface area (Å²) < 4.78 is 0. The number of nitrogens with two attached hydrogens (primary N) is 1. The summed E-state index contributed by atoms with van der Waals surface area (Å²) in [5, 5.41) is 2.47. The van der Waals surface area contributed by atoms with Crippen molar-refractivity contribution in [3.8, 4) is 0 Å². The van der Waals surface area contributed by atoms with Crippen molar-refractivity contribution in [1.82, 2.24) is 4.98 Å². The Kier molecular flexibility index (Phi) is 1.65. The lowest BCUT2D eigenvalue weighted by atomic mass is 10.0. The predicted molar refractivity (Wildman–Crippen MR) is 61.6 cm³/mol. The molecular formula is C13H14N2. The van der Waals surface area contributed by atoms with Gasteiger partial charge in [-0.25, -0.2) is 0 Å². The zero-order valence-corrected chi connectivity index (χ0v) is 8.83. The highest BCUT2D eigenvalue weighted by Gasteiger charge is 2.39. The number of nitrogens with zero attached hydrogens (tertiary/aromatic N) is 1. The largest absolute Gasteiger partial charge is 0.321 e. The Bertz CT molecular complexity index is 527. The van der Waals surface area contributed by atoms with Crippen molar-refractivity contribution >= 4 is 10.8 Å². The van der Waals surface area contributed by atoms with Crippen LogP contribution in [0.5, 0.6) is 0 Å². The van der Waals surface area contributed by atoms with Gasteiger partial charge < -0.3 is 5.73 Å². The number of hydrogen-bond acceptors (Lipinski definition) is 2. The minimum absolute atomic E-state index is 0.0363. The second-order valence-corrected chi connectivity index (χ2v) is 4.49. The van der Waals surface area contributed by atoms with Gasteiger partial charge >= 0.3 is 0 Å². The van der Waals surface area contributed by atoms with Gasteiger partial charge in [0, 0.05) is 22.8 Å². The fraction of sp³-hybridized carbons (Fsp3) is 0.308. The van der Waals surface area contributed by atoms with E-state index >= 15 is 0 Å². The molecule has 0 amide bonds. The van der Waals surface area contributed by atoms with Crippen molar-refractivity contribution in [2.45, 2.75) is 25.3 Å². The molecule has 1 aliphatic rings. The summed E-state index contributed by atoms with van der Waals surface area (Å²) in [6, 6.07) is 8.54. The van der Waals surface area contributed by atoms with E-state index in [9.17, 15) is 0 Å². The molecular weight excluding hydrogens is 184 g/mol. The average molecular weight is 198 g/mol. The fourth-order valence-electron chi connectivity index (χ4n) is 2.06. The maximum Gasteiger partial charge on any atom is 0.0450 e.